The molecule has 166 valence electrons. The molecule has 1 heterocycles. The van der Waals surface area contributed by atoms with Gasteiger partial charge >= 0.3 is 0 Å². The minimum Gasteiger partial charge on any atom is -0.499 e. The average Bonchev–Trinajstić information content (AvgIpc) is 2.75. The lowest BCUT2D eigenvalue weighted by molar-refractivity contribution is 0.0127. The molecule has 1 aliphatic heterocycles. The van der Waals surface area contributed by atoms with E-state index in [0.29, 0.717) is 6.61 Å². The van der Waals surface area contributed by atoms with Gasteiger partial charge in [-0.25, -0.2) is 8.78 Å². The van der Waals surface area contributed by atoms with Crippen molar-refractivity contribution in [2.24, 2.45) is 5.92 Å². The zero-order valence-corrected chi connectivity index (χ0v) is 18.4. The van der Waals surface area contributed by atoms with E-state index in [1.165, 1.54) is 24.3 Å². The summed E-state index contributed by atoms with van der Waals surface area (Å²) in [5.74, 6) is 0.364. The quantitative estimate of drug-likeness (QED) is 0.394. The number of hydrogen-bond donors (Lipinski definition) is 1. The Labute approximate surface area is 183 Å². The van der Waals surface area contributed by atoms with Crippen LogP contribution < -0.4 is 4.90 Å². The molecule has 1 unspecified atom stereocenters. The smallest absolute Gasteiger partial charge is 0.132 e. The maximum atomic E-state index is 13.4. The molecule has 1 aliphatic rings. The molecule has 0 spiro atoms. The van der Waals surface area contributed by atoms with Gasteiger partial charge in [-0.3, -0.25) is 0 Å². The number of nitrogens with zero attached hydrogens (tertiary/aromatic N) is 1. The van der Waals surface area contributed by atoms with E-state index in [9.17, 15) is 13.9 Å². The van der Waals surface area contributed by atoms with Crippen molar-refractivity contribution in [1.82, 2.24) is 0 Å². The molecular formula is C26H31F2NO2. The summed E-state index contributed by atoms with van der Waals surface area (Å²) in [5, 5.41) is 10.9. The zero-order valence-electron chi connectivity index (χ0n) is 18.4. The third-order valence-corrected chi connectivity index (χ3v) is 5.83. The average molecular weight is 428 g/mol. The van der Waals surface area contributed by atoms with Crippen LogP contribution in [0.4, 0.5) is 14.5 Å². The van der Waals surface area contributed by atoms with Crippen LogP contribution in [0.2, 0.25) is 0 Å². The van der Waals surface area contributed by atoms with Gasteiger partial charge in [-0.05, 0) is 88.1 Å². The molecule has 0 aliphatic carbocycles. The van der Waals surface area contributed by atoms with Crippen LogP contribution in [0.1, 0.15) is 39.2 Å². The number of aryl methyl sites for hydroxylation is 1. The van der Waals surface area contributed by atoms with Crippen molar-refractivity contribution in [3.05, 3.63) is 89.2 Å². The van der Waals surface area contributed by atoms with Gasteiger partial charge in [0, 0.05) is 11.6 Å². The van der Waals surface area contributed by atoms with Gasteiger partial charge in [0.25, 0.3) is 0 Å². The molecule has 0 aromatic heterocycles. The first kappa shape index (κ1) is 23.0. The summed E-state index contributed by atoms with van der Waals surface area (Å²) >= 11 is 0. The second kappa shape index (κ2) is 10.6. The number of anilines is 1. The lowest BCUT2D eigenvalue weighted by atomic mass is 9.77. The van der Waals surface area contributed by atoms with E-state index < -0.39 is 6.23 Å². The third-order valence-electron chi connectivity index (χ3n) is 5.83. The van der Waals surface area contributed by atoms with Gasteiger partial charge in [0.2, 0.25) is 0 Å². The first-order valence-corrected chi connectivity index (χ1v) is 10.8. The van der Waals surface area contributed by atoms with Gasteiger partial charge in [-0.15, -0.1) is 0 Å². The standard InChI is InChI=1S/C26H31F2NO2/c1-4-31-19(3)9-8-18(2)25-24(7-5-6-20-10-12-21(27)13-11-20)26(30)29(25)23-16-14-22(28)15-17-23/h8-17,24-26,30H,4-7H2,1-3H3/b18-8+,19-9+/t24-,25-,26?/m1/s1. The predicted octanol–water partition coefficient (Wildman–Crippen LogP) is 6.00. The molecule has 2 aromatic carbocycles. The van der Waals surface area contributed by atoms with Crippen molar-refractivity contribution in [2.75, 3.05) is 11.5 Å². The highest BCUT2D eigenvalue weighted by Crippen LogP contribution is 2.42. The van der Waals surface area contributed by atoms with Crippen LogP contribution >= 0.6 is 0 Å². The summed E-state index contributed by atoms with van der Waals surface area (Å²) < 4.78 is 32.0. The Hall–Kier alpha value is -2.66. The maximum Gasteiger partial charge on any atom is 0.132 e. The highest BCUT2D eigenvalue weighted by molar-refractivity contribution is 5.54. The molecule has 1 saturated heterocycles. The summed E-state index contributed by atoms with van der Waals surface area (Å²) in [6.07, 6.45) is 5.90. The summed E-state index contributed by atoms with van der Waals surface area (Å²) in [5.41, 5.74) is 3.00. The molecule has 0 amide bonds. The molecule has 3 rings (SSSR count). The fourth-order valence-electron chi connectivity index (χ4n) is 4.25. The monoisotopic (exact) mass is 427 g/mol. The first-order chi connectivity index (χ1) is 14.9. The van der Waals surface area contributed by atoms with Gasteiger partial charge in [0.05, 0.1) is 18.4 Å². The predicted molar refractivity (Wildman–Crippen MR) is 121 cm³/mol. The SMILES string of the molecule is CCO/C(C)=C/C=C(\C)[C@@H]1[C@@H](CCCc2ccc(F)cc2)C(O)N1c1ccc(F)cc1. The third kappa shape index (κ3) is 5.73. The number of allylic oxidation sites excluding steroid dienone is 3. The van der Waals surface area contributed by atoms with Gasteiger partial charge in [0.15, 0.2) is 0 Å². The topological polar surface area (TPSA) is 32.7 Å². The summed E-state index contributed by atoms with van der Waals surface area (Å²) in [6, 6.07) is 12.8. The zero-order chi connectivity index (χ0) is 22.4. The molecule has 3 nitrogen and oxygen atoms in total. The Kier molecular flexibility index (Phi) is 7.85. The molecule has 2 aromatic rings. The Bertz CT molecular complexity index is 906. The summed E-state index contributed by atoms with van der Waals surface area (Å²) in [4.78, 5) is 1.94. The number of aliphatic hydroxyl groups is 1. The molecule has 5 heteroatoms. The van der Waals surface area contributed by atoms with Crippen molar-refractivity contribution in [3.8, 4) is 0 Å². The normalized spacial score (nSPS) is 21.7. The van der Waals surface area contributed by atoms with Crippen molar-refractivity contribution in [2.45, 2.75) is 52.3 Å². The van der Waals surface area contributed by atoms with Crippen molar-refractivity contribution in [1.29, 1.82) is 0 Å². The molecule has 0 radical (unpaired) electrons. The largest absolute Gasteiger partial charge is 0.499 e. The van der Waals surface area contributed by atoms with E-state index in [2.05, 4.69) is 6.92 Å². The van der Waals surface area contributed by atoms with E-state index in [1.807, 2.05) is 30.9 Å². The lowest BCUT2D eigenvalue weighted by Gasteiger charge is -2.55. The summed E-state index contributed by atoms with van der Waals surface area (Å²) in [7, 11) is 0. The van der Waals surface area contributed by atoms with E-state index in [-0.39, 0.29) is 23.6 Å². The minimum atomic E-state index is -0.635. The summed E-state index contributed by atoms with van der Waals surface area (Å²) in [6.45, 7) is 6.53. The van der Waals surface area contributed by atoms with Crippen LogP contribution in [-0.4, -0.2) is 24.0 Å². The Morgan fingerprint density at radius 1 is 1.00 bits per heavy atom. The van der Waals surface area contributed by atoms with Gasteiger partial charge in [0.1, 0.15) is 17.9 Å². The Morgan fingerprint density at radius 2 is 1.61 bits per heavy atom. The Morgan fingerprint density at radius 3 is 2.23 bits per heavy atom. The maximum absolute atomic E-state index is 13.4. The van der Waals surface area contributed by atoms with E-state index >= 15 is 0 Å². The minimum absolute atomic E-state index is 0.0133. The van der Waals surface area contributed by atoms with Crippen LogP contribution in [0, 0.1) is 17.6 Å². The second-order valence-corrected chi connectivity index (χ2v) is 8.05. The highest BCUT2D eigenvalue weighted by Gasteiger charge is 2.47. The van der Waals surface area contributed by atoms with Crippen LogP contribution in [0.3, 0.4) is 0 Å². The fourth-order valence-corrected chi connectivity index (χ4v) is 4.25. The van der Waals surface area contributed by atoms with Crippen LogP contribution in [0.25, 0.3) is 0 Å². The van der Waals surface area contributed by atoms with Gasteiger partial charge in [-0.2, -0.15) is 0 Å². The Balaban J connectivity index is 1.74. The number of ether oxygens (including phenoxy) is 1. The van der Waals surface area contributed by atoms with Crippen LogP contribution in [0.5, 0.6) is 0 Å². The lowest BCUT2D eigenvalue weighted by Crippen LogP contribution is -2.64. The molecule has 0 bridgehead atoms. The second-order valence-electron chi connectivity index (χ2n) is 8.05. The van der Waals surface area contributed by atoms with Crippen LogP contribution in [0.15, 0.2) is 72.0 Å². The van der Waals surface area contributed by atoms with Crippen molar-refractivity contribution in [3.63, 3.8) is 0 Å². The van der Waals surface area contributed by atoms with Crippen molar-refractivity contribution >= 4 is 5.69 Å². The highest BCUT2D eigenvalue weighted by atomic mass is 19.1. The number of rotatable bonds is 9. The van der Waals surface area contributed by atoms with Gasteiger partial charge in [-0.1, -0.05) is 23.8 Å². The van der Waals surface area contributed by atoms with E-state index in [4.69, 9.17) is 4.74 Å². The number of hydrogen-bond acceptors (Lipinski definition) is 3. The van der Waals surface area contributed by atoms with Crippen LogP contribution in [-0.2, 0) is 11.2 Å². The number of benzene rings is 2. The molecule has 0 saturated carbocycles. The first-order valence-electron chi connectivity index (χ1n) is 10.8. The molecular weight excluding hydrogens is 396 g/mol. The van der Waals surface area contributed by atoms with Crippen molar-refractivity contribution < 1.29 is 18.6 Å². The molecule has 3 atom stereocenters. The molecule has 1 N–H and O–H groups in total. The van der Waals surface area contributed by atoms with E-state index in [1.54, 1.807) is 24.3 Å². The van der Waals surface area contributed by atoms with Gasteiger partial charge < -0.3 is 14.7 Å². The molecule has 31 heavy (non-hydrogen) atoms. The number of aliphatic hydroxyl groups excluding tert-OH is 1. The molecule has 1 fully saturated rings. The van der Waals surface area contributed by atoms with E-state index in [0.717, 1.165) is 41.8 Å². The number of halogens is 2. The fraction of sp³-hybridized carbons (Fsp3) is 0.385.